The molecule has 1 unspecified atom stereocenters. The van der Waals surface area contributed by atoms with Gasteiger partial charge in [0.1, 0.15) is 0 Å². The Labute approximate surface area is 136 Å². The third kappa shape index (κ3) is 4.58. The third-order valence-electron chi connectivity index (χ3n) is 3.37. The number of aromatic nitrogens is 1. The summed E-state index contributed by atoms with van der Waals surface area (Å²) in [6, 6.07) is 9.50. The molecule has 0 saturated heterocycles. The first-order valence-electron chi connectivity index (χ1n) is 7.04. The molecule has 1 aromatic heterocycles. The normalized spacial score (nSPS) is 11.9. The van der Waals surface area contributed by atoms with Crippen molar-refractivity contribution in [2.45, 2.75) is 32.7 Å². The standard InChI is InChI=1S/C16H21N3O2.ClH/c1-10(2)12-4-6-13(7-5-12)14(17)9-18-16(20)15-8-11(3)19-21-15;/h4-8,10,14H,9,17H2,1-3H3,(H,18,20);1H. The molecular formula is C16H22ClN3O2. The van der Waals surface area contributed by atoms with Crippen molar-refractivity contribution in [2.75, 3.05) is 6.54 Å². The Bertz CT molecular complexity index is 608. The van der Waals surface area contributed by atoms with Gasteiger partial charge >= 0.3 is 0 Å². The minimum absolute atomic E-state index is 0. The number of carbonyl (C=O) groups excluding carboxylic acids is 1. The molecule has 1 amide bonds. The topological polar surface area (TPSA) is 81.2 Å². The molecule has 5 nitrogen and oxygen atoms in total. The minimum atomic E-state index is -0.301. The van der Waals surface area contributed by atoms with Gasteiger partial charge in [0.2, 0.25) is 5.76 Å². The van der Waals surface area contributed by atoms with Crippen LogP contribution in [-0.2, 0) is 0 Å². The van der Waals surface area contributed by atoms with Crippen LogP contribution < -0.4 is 11.1 Å². The van der Waals surface area contributed by atoms with Crippen LogP contribution in [0.3, 0.4) is 0 Å². The first-order valence-corrected chi connectivity index (χ1v) is 7.04. The molecule has 0 fully saturated rings. The maximum absolute atomic E-state index is 11.8. The van der Waals surface area contributed by atoms with E-state index in [0.717, 1.165) is 5.56 Å². The van der Waals surface area contributed by atoms with E-state index >= 15 is 0 Å². The molecule has 2 aromatic rings. The fourth-order valence-electron chi connectivity index (χ4n) is 2.01. The molecule has 0 aliphatic rings. The van der Waals surface area contributed by atoms with Crippen LogP contribution in [0.15, 0.2) is 34.9 Å². The van der Waals surface area contributed by atoms with Crippen molar-refractivity contribution in [3.8, 4) is 0 Å². The Hall–Kier alpha value is -1.85. The lowest BCUT2D eigenvalue weighted by Crippen LogP contribution is -2.31. The van der Waals surface area contributed by atoms with Gasteiger partial charge in [-0.2, -0.15) is 0 Å². The molecule has 1 heterocycles. The zero-order valence-electron chi connectivity index (χ0n) is 13.0. The quantitative estimate of drug-likeness (QED) is 0.886. The number of amides is 1. The van der Waals surface area contributed by atoms with E-state index in [0.29, 0.717) is 18.2 Å². The van der Waals surface area contributed by atoms with E-state index in [2.05, 4.69) is 36.5 Å². The van der Waals surface area contributed by atoms with Gasteiger partial charge in [0.05, 0.1) is 5.69 Å². The number of hydrogen-bond acceptors (Lipinski definition) is 4. The molecule has 1 atom stereocenters. The second-order valence-corrected chi connectivity index (χ2v) is 5.47. The predicted molar refractivity (Wildman–Crippen MR) is 88.3 cm³/mol. The van der Waals surface area contributed by atoms with E-state index in [1.54, 1.807) is 13.0 Å². The Morgan fingerprint density at radius 3 is 2.36 bits per heavy atom. The zero-order chi connectivity index (χ0) is 15.4. The summed E-state index contributed by atoms with van der Waals surface area (Å²) in [5, 5.41) is 6.43. The average molecular weight is 324 g/mol. The van der Waals surface area contributed by atoms with Gasteiger partial charge in [0.25, 0.3) is 5.91 Å². The number of halogens is 1. The summed E-state index contributed by atoms with van der Waals surface area (Å²) in [7, 11) is 0. The molecule has 6 heteroatoms. The van der Waals surface area contributed by atoms with Gasteiger partial charge in [0.15, 0.2) is 0 Å². The van der Waals surface area contributed by atoms with Crippen molar-refractivity contribution in [3.05, 3.63) is 52.9 Å². The number of benzene rings is 1. The molecule has 0 saturated carbocycles. The van der Waals surface area contributed by atoms with Crippen molar-refractivity contribution in [2.24, 2.45) is 5.73 Å². The summed E-state index contributed by atoms with van der Waals surface area (Å²) >= 11 is 0. The fourth-order valence-corrected chi connectivity index (χ4v) is 2.01. The summed E-state index contributed by atoms with van der Waals surface area (Å²) in [5.74, 6) is 0.393. The number of nitrogens with two attached hydrogens (primary N) is 1. The van der Waals surface area contributed by atoms with Gasteiger partial charge < -0.3 is 15.6 Å². The van der Waals surface area contributed by atoms with Crippen LogP contribution in [-0.4, -0.2) is 17.6 Å². The molecule has 120 valence electrons. The van der Waals surface area contributed by atoms with Gasteiger partial charge in [-0.1, -0.05) is 43.3 Å². The van der Waals surface area contributed by atoms with Gasteiger partial charge in [-0.05, 0) is 24.0 Å². The highest BCUT2D eigenvalue weighted by Crippen LogP contribution is 2.17. The third-order valence-corrected chi connectivity index (χ3v) is 3.37. The highest BCUT2D eigenvalue weighted by atomic mass is 35.5. The largest absolute Gasteiger partial charge is 0.351 e. The summed E-state index contributed by atoms with van der Waals surface area (Å²) in [6.07, 6.45) is 0. The summed E-state index contributed by atoms with van der Waals surface area (Å²) in [5.41, 5.74) is 9.03. The number of carbonyl (C=O) groups is 1. The Balaban J connectivity index is 0.00000242. The monoisotopic (exact) mass is 323 g/mol. The van der Waals surface area contributed by atoms with E-state index < -0.39 is 0 Å². The van der Waals surface area contributed by atoms with Crippen molar-refractivity contribution in [3.63, 3.8) is 0 Å². The Morgan fingerprint density at radius 2 is 1.86 bits per heavy atom. The molecule has 0 radical (unpaired) electrons. The molecule has 0 aliphatic carbocycles. The van der Waals surface area contributed by atoms with Gasteiger partial charge in [-0.15, -0.1) is 12.4 Å². The SMILES string of the molecule is Cc1cc(C(=O)NCC(N)c2ccc(C(C)C)cc2)on1.Cl. The summed E-state index contributed by atoms with van der Waals surface area (Å²) < 4.78 is 4.90. The first kappa shape index (κ1) is 18.2. The summed E-state index contributed by atoms with van der Waals surface area (Å²) in [6.45, 7) is 6.41. The number of nitrogens with one attached hydrogen (secondary N) is 1. The highest BCUT2D eigenvalue weighted by molar-refractivity contribution is 5.91. The molecule has 0 spiro atoms. The number of nitrogens with zero attached hydrogens (tertiary/aromatic N) is 1. The van der Waals surface area contributed by atoms with Crippen LogP contribution in [0, 0.1) is 6.92 Å². The lowest BCUT2D eigenvalue weighted by atomic mass is 9.99. The fraction of sp³-hybridized carbons (Fsp3) is 0.375. The molecule has 2 rings (SSSR count). The lowest BCUT2D eigenvalue weighted by molar-refractivity contribution is 0.0914. The molecule has 0 aliphatic heterocycles. The Morgan fingerprint density at radius 1 is 1.27 bits per heavy atom. The van der Waals surface area contributed by atoms with E-state index in [4.69, 9.17) is 10.3 Å². The van der Waals surface area contributed by atoms with Crippen molar-refractivity contribution in [1.82, 2.24) is 10.5 Å². The van der Waals surface area contributed by atoms with Crippen LogP contribution in [0.4, 0.5) is 0 Å². The number of aryl methyl sites for hydroxylation is 1. The second kappa shape index (κ2) is 7.96. The van der Waals surface area contributed by atoms with E-state index in [-0.39, 0.29) is 30.1 Å². The zero-order valence-corrected chi connectivity index (χ0v) is 13.8. The maximum atomic E-state index is 11.8. The molecule has 3 N–H and O–H groups in total. The predicted octanol–water partition coefficient (Wildman–Crippen LogP) is 2.96. The molecule has 0 bridgehead atoms. The lowest BCUT2D eigenvalue weighted by Gasteiger charge is -2.14. The second-order valence-electron chi connectivity index (χ2n) is 5.47. The smallest absolute Gasteiger partial charge is 0.289 e. The van der Waals surface area contributed by atoms with Crippen molar-refractivity contribution >= 4 is 18.3 Å². The van der Waals surface area contributed by atoms with E-state index in [9.17, 15) is 4.79 Å². The van der Waals surface area contributed by atoms with Gasteiger partial charge in [0, 0.05) is 18.7 Å². The molecule has 1 aromatic carbocycles. The molecular weight excluding hydrogens is 302 g/mol. The van der Waals surface area contributed by atoms with Crippen LogP contribution in [0.25, 0.3) is 0 Å². The van der Waals surface area contributed by atoms with Crippen molar-refractivity contribution in [1.29, 1.82) is 0 Å². The Kier molecular flexibility index (Phi) is 6.59. The van der Waals surface area contributed by atoms with Crippen LogP contribution in [0.2, 0.25) is 0 Å². The van der Waals surface area contributed by atoms with Crippen LogP contribution >= 0.6 is 12.4 Å². The average Bonchev–Trinajstić information content (AvgIpc) is 2.91. The van der Waals surface area contributed by atoms with Crippen LogP contribution in [0.1, 0.15) is 53.2 Å². The first-order chi connectivity index (χ1) is 9.97. The minimum Gasteiger partial charge on any atom is -0.351 e. The van der Waals surface area contributed by atoms with E-state index in [1.165, 1.54) is 5.56 Å². The van der Waals surface area contributed by atoms with Crippen molar-refractivity contribution < 1.29 is 9.32 Å². The maximum Gasteiger partial charge on any atom is 0.289 e. The molecule has 22 heavy (non-hydrogen) atoms. The van der Waals surface area contributed by atoms with Gasteiger partial charge in [-0.25, -0.2) is 0 Å². The number of hydrogen-bond donors (Lipinski definition) is 2. The number of rotatable bonds is 5. The van der Waals surface area contributed by atoms with E-state index in [1.807, 2.05) is 12.1 Å². The van der Waals surface area contributed by atoms with Gasteiger partial charge in [-0.3, -0.25) is 4.79 Å². The highest BCUT2D eigenvalue weighted by Gasteiger charge is 2.13. The summed E-state index contributed by atoms with van der Waals surface area (Å²) in [4.78, 5) is 11.8. The van der Waals surface area contributed by atoms with Crippen LogP contribution in [0.5, 0.6) is 0 Å².